The summed E-state index contributed by atoms with van der Waals surface area (Å²) in [6.07, 6.45) is 0.694. The molecule has 0 aliphatic carbocycles. The molecule has 142 valence electrons. The molecule has 0 spiro atoms. The molecular formula is C21H20N4O2S. The van der Waals surface area contributed by atoms with E-state index < -0.39 is 0 Å². The molecule has 1 aliphatic rings. The number of aryl methyl sites for hydroxylation is 1. The molecule has 0 radical (unpaired) electrons. The van der Waals surface area contributed by atoms with Gasteiger partial charge in [0.2, 0.25) is 16.9 Å². The van der Waals surface area contributed by atoms with E-state index in [4.69, 9.17) is 0 Å². The maximum absolute atomic E-state index is 12.4. The normalized spacial score (nSPS) is 16.4. The van der Waals surface area contributed by atoms with Crippen LogP contribution < -0.4 is 10.2 Å². The Balaban J connectivity index is 1.38. The van der Waals surface area contributed by atoms with E-state index in [9.17, 15) is 9.59 Å². The average Bonchev–Trinajstić information content (AvgIpc) is 3.31. The second kappa shape index (κ2) is 7.90. The highest BCUT2D eigenvalue weighted by atomic mass is 32.1. The van der Waals surface area contributed by atoms with E-state index in [-0.39, 0.29) is 17.7 Å². The van der Waals surface area contributed by atoms with Crippen LogP contribution in [0.15, 0.2) is 54.6 Å². The van der Waals surface area contributed by atoms with Gasteiger partial charge in [0.15, 0.2) is 0 Å². The summed E-state index contributed by atoms with van der Waals surface area (Å²) in [7, 11) is 0. The first-order chi connectivity index (χ1) is 13.6. The van der Waals surface area contributed by atoms with Crippen LogP contribution in [0, 0.1) is 6.92 Å². The number of aromatic nitrogens is 2. The Labute approximate surface area is 167 Å². The number of carbonyl (C=O) groups excluding carboxylic acids is 2. The molecule has 0 saturated carbocycles. The first-order valence-corrected chi connectivity index (χ1v) is 9.94. The summed E-state index contributed by atoms with van der Waals surface area (Å²) in [6, 6.07) is 17.5. The van der Waals surface area contributed by atoms with E-state index in [0.29, 0.717) is 24.5 Å². The lowest BCUT2D eigenvalue weighted by molar-refractivity contribution is -0.117. The minimum absolute atomic E-state index is 0.00652. The van der Waals surface area contributed by atoms with Crippen LogP contribution in [0.2, 0.25) is 0 Å². The van der Waals surface area contributed by atoms with Crippen LogP contribution in [0.1, 0.15) is 28.5 Å². The highest BCUT2D eigenvalue weighted by Crippen LogP contribution is 2.34. The molecule has 2 heterocycles. The monoisotopic (exact) mass is 392 g/mol. The molecule has 1 unspecified atom stereocenters. The summed E-state index contributed by atoms with van der Waals surface area (Å²) < 4.78 is 0. The summed E-state index contributed by atoms with van der Waals surface area (Å²) in [4.78, 5) is 26.4. The lowest BCUT2D eigenvalue weighted by atomic mass is 10.1. The molecule has 1 saturated heterocycles. The van der Waals surface area contributed by atoms with Gasteiger partial charge in [0.1, 0.15) is 5.01 Å². The van der Waals surface area contributed by atoms with Gasteiger partial charge < -0.3 is 10.2 Å². The fourth-order valence-electron chi connectivity index (χ4n) is 3.24. The maximum atomic E-state index is 12.4. The fraction of sp³-hybridized carbons (Fsp3) is 0.238. The number of anilines is 2. The standard InChI is InChI=1S/C21H20N4O2S/c1-14-7-9-15(10-8-14)11-18(26)22-21-24-23-20(28-21)16-12-19(27)25(13-16)17-5-3-2-4-6-17/h2-10,16H,11-13H2,1H3,(H,22,24,26). The number of hydrogen-bond acceptors (Lipinski definition) is 5. The lowest BCUT2D eigenvalue weighted by Crippen LogP contribution is -2.24. The van der Waals surface area contributed by atoms with Gasteiger partial charge in [-0.2, -0.15) is 0 Å². The highest BCUT2D eigenvalue weighted by Gasteiger charge is 2.33. The molecule has 1 aromatic heterocycles. The Morgan fingerprint density at radius 1 is 1.14 bits per heavy atom. The molecule has 3 aromatic rings. The number of nitrogens with one attached hydrogen (secondary N) is 1. The maximum Gasteiger partial charge on any atom is 0.230 e. The van der Waals surface area contributed by atoms with Gasteiger partial charge in [0.25, 0.3) is 0 Å². The summed E-state index contributed by atoms with van der Waals surface area (Å²) >= 11 is 1.34. The second-order valence-electron chi connectivity index (χ2n) is 6.90. The summed E-state index contributed by atoms with van der Waals surface area (Å²) in [5, 5.41) is 12.3. The second-order valence-corrected chi connectivity index (χ2v) is 7.91. The van der Waals surface area contributed by atoms with Crippen LogP contribution in [-0.4, -0.2) is 28.6 Å². The zero-order valence-corrected chi connectivity index (χ0v) is 16.3. The van der Waals surface area contributed by atoms with Gasteiger partial charge >= 0.3 is 0 Å². The summed E-state index contributed by atoms with van der Waals surface area (Å²) in [6.45, 7) is 2.59. The van der Waals surface area contributed by atoms with Gasteiger partial charge in [-0.1, -0.05) is 59.4 Å². The fourth-order valence-corrected chi connectivity index (χ4v) is 4.09. The molecule has 1 N–H and O–H groups in total. The first kappa shape index (κ1) is 18.3. The molecule has 1 atom stereocenters. The van der Waals surface area contributed by atoms with E-state index in [1.807, 2.05) is 61.5 Å². The number of hydrogen-bond donors (Lipinski definition) is 1. The number of rotatable bonds is 5. The van der Waals surface area contributed by atoms with Crippen molar-refractivity contribution in [3.63, 3.8) is 0 Å². The quantitative estimate of drug-likeness (QED) is 0.721. The number of amides is 2. The Kier molecular flexibility index (Phi) is 5.16. The van der Waals surface area contributed by atoms with Crippen molar-refractivity contribution < 1.29 is 9.59 Å². The summed E-state index contributed by atoms with van der Waals surface area (Å²) in [5.41, 5.74) is 3.01. The molecule has 4 rings (SSSR count). The number of benzene rings is 2. The number of para-hydroxylation sites is 1. The smallest absolute Gasteiger partial charge is 0.230 e. The third kappa shape index (κ3) is 4.09. The zero-order valence-electron chi connectivity index (χ0n) is 15.5. The predicted octanol–water partition coefficient (Wildman–Crippen LogP) is 3.55. The van der Waals surface area contributed by atoms with Crippen LogP contribution in [-0.2, 0) is 16.0 Å². The van der Waals surface area contributed by atoms with E-state index >= 15 is 0 Å². The van der Waals surface area contributed by atoms with Crippen molar-refractivity contribution in [2.24, 2.45) is 0 Å². The molecule has 0 bridgehead atoms. The van der Waals surface area contributed by atoms with Crippen molar-refractivity contribution in [2.45, 2.75) is 25.7 Å². The molecule has 1 fully saturated rings. The van der Waals surface area contributed by atoms with Crippen molar-refractivity contribution in [3.8, 4) is 0 Å². The Morgan fingerprint density at radius 3 is 2.64 bits per heavy atom. The van der Waals surface area contributed by atoms with Crippen molar-refractivity contribution in [1.82, 2.24) is 10.2 Å². The average molecular weight is 392 g/mol. The predicted molar refractivity (Wildman–Crippen MR) is 110 cm³/mol. The zero-order chi connectivity index (χ0) is 19.5. The minimum Gasteiger partial charge on any atom is -0.312 e. The molecular weight excluding hydrogens is 372 g/mol. The molecule has 6 nitrogen and oxygen atoms in total. The number of nitrogens with zero attached hydrogens (tertiary/aromatic N) is 3. The minimum atomic E-state index is -0.125. The largest absolute Gasteiger partial charge is 0.312 e. The van der Waals surface area contributed by atoms with E-state index in [1.165, 1.54) is 11.3 Å². The van der Waals surface area contributed by atoms with Crippen molar-refractivity contribution in [1.29, 1.82) is 0 Å². The summed E-state index contributed by atoms with van der Waals surface area (Å²) in [5.74, 6) is -0.0516. The van der Waals surface area contributed by atoms with Crippen LogP contribution in [0.25, 0.3) is 0 Å². The molecule has 28 heavy (non-hydrogen) atoms. The van der Waals surface area contributed by atoms with Gasteiger partial charge in [-0.05, 0) is 24.6 Å². The van der Waals surface area contributed by atoms with Crippen LogP contribution in [0.4, 0.5) is 10.8 Å². The van der Waals surface area contributed by atoms with Gasteiger partial charge in [-0.15, -0.1) is 10.2 Å². The third-order valence-electron chi connectivity index (χ3n) is 4.71. The van der Waals surface area contributed by atoms with Gasteiger partial charge in [0, 0.05) is 24.6 Å². The Bertz CT molecular complexity index is 985. The molecule has 2 aromatic carbocycles. The topological polar surface area (TPSA) is 75.2 Å². The van der Waals surface area contributed by atoms with Crippen LogP contribution in [0.5, 0.6) is 0 Å². The van der Waals surface area contributed by atoms with E-state index in [2.05, 4.69) is 15.5 Å². The van der Waals surface area contributed by atoms with Crippen LogP contribution >= 0.6 is 11.3 Å². The van der Waals surface area contributed by atoms with Gasteiger partial charge in [0.05, 0.1) is 6.42 Å². The van der Waals surface area contributed by atoms with E-state index in [1.54, 1.807) is 4.90 Å². The van der Waals surface area contributed by atoms with Crippen molar-refractivity contribution in [3.05, 3.63) is 70.7 Å². The SMILES string of the molecule is Cc1ccc(CC(=O)Nc2nnc(C3CC(=O)N(c4ccccc4)C3)s2)cc1. The van der Waals surface area contributed by atoms with Gasteiger partial charge in [-0.25, -0.2) is 0 Å². The molecule has 1 aliphatic heterocycles. The van der Waals surface area contributed by atoms with Gasteiger partial charge in [-0.3, -0.25) is 9.59 Å². The van der Waals surface area contributed by atoms with Crippen LogP contribution in [0.3, 0.4) is 0 Å². The number of carbonyl (C=O) groups is 2. The Morgan fingerprint density at radius 2 is 1.89 bits per heavy atom. The third-order valence-corrected chi connectivity index (χ3v) is 5.72. The molecule has 2 amide bonds. The van der Waals surface area contributed by atoms with E-state index in [0.717, 1.165) is 21.8 Å². The Hall–Kier alpha value is -3.06. The van der Waals surface area contributed by atoms with Crippen molar-refractivity contribution in [2.75, 3.05) is 16.8 Å². The first-order valence-electron chi connectivity index (χ1n) is 9.13. The highest BCUT2D eigenvalue weighted by molar-refractivity contribution is 7.15. The molecule has 7 heteroatoms. The van der Waals surface area contributed by atoms with Crippen molar-refractivity contribution >= 4 is 34.0 Å². The lowest BCUT2D eigenvalue weighted by Gasteiger charge is -2.15.